The fourth-order valence-electron chi connectivity index (χ4n) is 1.12. The summed E-state index contributed by atoms with van der Waals surface area (Å²) in [6, 6.07) is 1.59. The number of aromatic nitrogens is 1. The second-order valence-corrected chi connectivity index (χ2v) is 2.55. The number of hydrogen-bond acceptors (Lipinski definition) is 4. The quantitative estimate of drug-likeness (QED) is 0.673. The molecule has 4 nitrogen and oxygen atoms in total. The minimum Gasteiger partial charge on any atom is -0.506 e. The highest BCUT2D eigenvalue weighted by molar-refractivity contribution is 5.22. The van der Waals surface area contributed by atoms with Gasteiger partial charge in [0.1, 0.15) is 5.75 Å². The van der Waals surface area contributed by atoms with E-state index in [2.05, 4.69) is 4.98 Å². The molecule has 1 N–H and O–H groups in total. The van der Waals surface area contributed by atoms with Gasteiger partial charge in [-0.3, -0.25) is 4.98 Å². The lowest BCUT2D eigenvalue weighted by Gasteiger charge is -2.07. The van der Waals surface area contributed by atoms with Crippen LogP contribution in [0.3, 0.4) is 0 Å². The lowest BCUT2D eigenvalue weighted by atomic mass is 10.3. The third-order valence-corrected chi connectivity index (χ3v) is 1.64. The van der Waals surface area contributed by atoms with E-state index in [9.17, 15) is 0 Å². The summed E-state index contributed by atoms with van der Waals surface area (Å²) in [7, 11) is 0. The van der Waals surface area contributed by atoms with E-state index in [4.69, 9.17) is 14.6 Å². The van der Waals surface area contributed by atoms with Crippen molar-refractivity contribution < 1.29 is 14.6 Å². The van der Waals surface area contributed by atoms with Crippen LogP contribution in [-0.4, -0.2) is 23.3 Å². The SMILES string of the molecule is Oc1cncc(C2OCCO2)c1. The summed E-state index contributed by atoms with van der Waals surface area (Å²) in [5.41, 5.74) is 0.757. The van der Waals surface area contributed by atoms with E-state index in [-0.39, 0.29) is 12.0 Å². The second-order valence-electron chi connectivity index (χ2n) is 2.55. The molecule has 2 heterocycles. The molecule has 1 saturated heterocycles. The first-order valence-electron chi connectivity index (χ1n) is 3.73. The molecule has 0 unspecified atom stereocenters. The summed E-state index contributed by atoms with van der Waals surface area (Å²) < 4.78 is 10.4. The highest BCUT2D eigenvalue weighted by Gasteiger charge is 2.18. The maximum atomic E-state index is 9.10. The minimum atomic E-state index is -0.357. The third-order valence-electron chi connectivity index (χ3n) is 1.64. The van der Waals surface area contributed by atoms with Gasteiger partial charge in [-0.05, 0) is 6.07 Å². The van der Waals surface area contributed by atoms with E-state index in [1.807, 2.05) is 0 Å². The summed E-state index contributed by atoms with van der Waals surface area (Å²) in [5.74, 6) is 0.131. The Morgan fingerprint density at radius 3 is 2.75 bits per heavy atom. The molecule has 0 amide bonds. The van der Waals surface area contributed by atoms with Crippen molar-refractivity contribution in [3.8, 4) is 5.75 Å². The number of aromatic hydroxyl groups is 1. The first-order chi connectivity index (χ1) is 5.86. The van der Waals surface area contributed by atoms with Gasteiger partial charge in [0.25, 0.3) is 0 Å². The van der Waals surface area contributed by atoms with Crippen molar-refractivity contribution in [2.45, 2.75) is 6.29 Å². The summed E-state index contributed by atoms with van der Waals surface area (Å²) in [5, 5.41) is 9.10. The van der Waals surface area contributed by atoms with Gasteiger partial charge in [-0.25, -0.2) is 0 Å². The van der Waals surface area contributed by atoms with Gasteiger partial charge >= 0.3 is 0 Å². The molecule has 0 aromatic carbocycles. The molecule has 0 aliphatic carbocycles. The summed E-state index contributed by atoms with van der Waals surface area (Å²) >= 11 is 0. The maximum Gasteiger partial charge on any atom is 0.185 e. The zero-order valence-corrected chi connectivity index (χ0v) is 6.43. The number of ether oxygens (including phenoxy) is 2. The van der Waals surface area contributed by atoms with Crippen LogP contribution < -0.4 is 0 Å². The second kappa shape index (κ2) is 3.08. The van der Waals surface area contributed by atoms with Crippen LogP contribution in [0.1, 0.15) is 11.9 Å². The molecule has 0 bridgehead atoms. The fraction of sp³-hybridized carbons (Fsp3) is 0.375. The third kappa shape index (κ3) is 1.39. The Hall–Kier alpha value is -1.13. The van der Waals surface area contributed by atoms with Gasteiger partial charge < -0.3 is 14.6 Å². The Bertz CT molecular complexity index is 271. The van der Waals surface area contributed by atoms with Crippen molar-refractivity contribution >= 4 is 0 Å². The van der Waals surface area contributed by atoms with Gasteiger partial charge in [-0.2, -0.15) is 0 Å². The van der Waals surface area contributed by atoms with Gasteiger partial charge in [0.15, 0.2) is 6.29 Å². The highest BCUT2D eigenvalue weighted by Crippen LogP contribution is 2.24. The Morgan fingerprint density at radius 2 is 2.08 bits per heavy atom. The summed E-state index contributed by atoms with van der Waals surface area (Å²) in [6.45, 7) is 1.20. The Balaban J connectivity index is 2.21. The summed E-state index contributed by atoms with van der Waals surface area (Å²) in [4.78, 5) is 3.82. The Labute approximate surface area is 69.8 Å². The van der Waals surface area contributed by atoms with Gasteiger partial charge in [0.05, 0.1) is 19.4 Å². The first-order valence-corrected chi connectivity index (χ1v) is 3.73. The molecule has 1 aromatic heterocycles. The van der Waals surface area contributed by atoms with Crippen LogP contribution >= 0.6 is 0 Å². The highest BCUT2D eigenvalue weighted by atomic mass is 16.7. The average Bonchev–Trinajstić information content (AvgIpc) is 2.56. The molecule has 2 rings (SSSR count). The number of pyridine rings is 1. The van der Waals surface area contributed by atoms with Crippen LogP contribution in [-0.2, 0) is 9.47 Å². The van der Waals surface area contributed by atoms with E-state index in [1.54, 1.807) is 12.3 Å². The predicted molar refractivity (Wildman–Crippen MR) is 40.5 cm³/mol. The largest absolute Gasteiger partial charge is 0.506 e. The molecule has 1 aliphatic heterocycles. The Kier molecular flexibility index (Phi) is 1.93. The molecular weight excluding hydrogens is 158 g/mol. The number of rotatable bonds is 1. The van der Waals surface area contributed by atoms with Gasteiger partial charge in [0, 0.05) is 11.8 Å². The molecule has 4 heteroatoms. The van der Waals surface area contributed by atoms with Crippen LogP contribution in [0, 0.1) is 0 Å². The normalized spacial score (nSPS) is 18.3. The maximum absolute atomic E-state index is 9.10. The van der Waals surface area contributed by atoms with E-state index in [0.717, 1.165) is 5.56 Å². The van der Waals surface area contributed by atoms with Crippen LogP contribution in [0.5, 0.6) is 5.75 Å². The van der Waals surface area contributed by atoms with Gasteiger partial charge in [-0.15, -0.1) is 0 Å². The van der Waals surface area contributed by atoms with Crippen LogP contribution in [0.15, 0.2) is 18.5 Å². The monoisotopic (exact) mass is 167 g/mol. The Morgan fingerprint density at radius 1 is 1.33 bits per heavy atom. The zero-order valence-electron chi connectivity index (χ0n) is 6.43. The molecule has 0 radical (unpaired) electrons. The minimum absolute atomic E-state index is 0.131. The zero-order chi connectivity index (χ0) is 8.39. The van der Waals surface area contributed by atoms with E-state index >= 15 is 0 Å². The van der Waals surface area contributed by atoms with Gasteiger partial charge in [0.2, 0.25) is 0 Å². The average molecular weight is 167 g/mol. The van der Waals surface area contributed by atoms with Crippen molar-refractivity contribution in [3.05, 3.63) is 24.0 Å². The lowest BCUT2D eigenvalue weighted by molar-refractivity contribution is -0.0444. The van der Waals surface area contributed by atoms with Crippen molar-refractivity contribution in [1.82, 2.24) is 4.98 Å². The molecule has 1 aliphatic rings. The van der Waals surface area contributed by atoms with Crippen molar-refractivity contribution in [1.29, 1.82) is 0 Å². The fourth-order valence-corrected chi connectivity index (χ4v) is 1.12. The lowest BCUT2D eigenvalue weighted by Crippen LogP contribution is -1.97. The van der Waals surface area contributed by atoms with Crippen molar-refractivity contribution in [3.63, 3.8) is 0 Å². The summed E-state index contributed by atoms with van der Waals surface area (Å²) in [6.07, 6.45) is 2.64. The van der Waals surface area contributed by atoms with Crippen molar-refractivity contribution in [2.75, 3.05) is 13.2 Å². The van der Waals surface area contributed by atoms with Crippen LogP contribution in [0.4, 0.5) is 0 Å². The topological polar surface area (TPSA) is 51.6 Å². The van der Waals surface area contributed by atoms with Crippen LogP contribution in [0.25, 0.3) is 0 Å². The molecule has 0 atom stereocenters. The number of nitrogens with zero attached hydrogens (tertiary/aromatic N) is 1. The molecule has 1 fully saturated rings. The first kappa shape index (κ1) is 7.52. The molecule has 1 aromatic rings. The molecule has 64 valence electrons. The van der Waals surface area contributed by atoms with E-state index in [0.29, 0.717) is 13.2 Å². The van der Waals surface area contributed by atoms with E-state index < -0.39 is 0 Å². The predicted octanol–water partition coefficient (Wildman–Crippen LogP) is 0.833. The molecule has 12 heavy (non-hydrogen) atoms. The smallest absolute Gasteiger partial charge is 0.185 e. The molecular formula is C8H9NO3. The molecule has 0 spiro atoms. The van der Waals surface area contributed by atoms with E-state index in [1.165, 1.54) is 6.20 Å². The van der Waals surface area contributed by atoms with Crippen LogP contribution in [0.2, 0.25) is 0 Å². The molecule has 0 saturated carbocycles. The standard InChI is InChI=1S/C8H9NO3/c10-7-3-6(4-9-5-7)8-11-1-2-12-8/h3-5,8,10H,1-2H2. The van der Waals surface area contributed by atoms with Crippen molar-refractivity contribution in [2.24, 2.45) is 0 Å². The van der Waals surface area contributed by atoms with Gasteiger partial charge in [-0.1, -0.05) is 0 Å². The number of hydrogen-bond donors (Lipinski definition) is 1.